The Balaban J connectivity index is 2.11. The monoisotopic (exact) mass is 252 g/mol. The van der Waals surface area contributed by atoms with E-state index in [4.69, 9.17) is 6.42 Å². The third-order valence-corrected chi connectivity index (χ3v) is 2.97. The van der Waals surface area contributed by atoms with Gasteiger partial charge in [-0.1, -0.05) is 42.3 Å². The molecule has 0 aliphatic heterocycles. The molecule has 1 atom stereocenters. The lowest BCUT2D eigenvalue weighted by Crippen LogP contribution is -2.37. The number of hydrogen-bond donors (Lipinski definition) is 2. The number of hydrogen-bond acceptors (Lipinski definition) is 1. The van der Waals surface area contributed by atoms with Crippen LogP contribution in [0.15, 0.2) is 42.5 Å². The number of benzene rings is 2. The lowest BCUT2D eigenvalue weighted by Gasteiger charge is -2.15. The van der Waals surface area contributed by atoms with Crippen molar-refractivity contribution in [1.82, 2.24) is 10.6 Å². The van der Waals surface area contributed by atoms with Crippen LogP contribution < -0.4 is 10.6 Å². The van der Waals surface area contributed by atoms with Gasteiger partial charge in [-0.25, -0.2) is 4.79 Å². The summed E-state index contributed by atoms with van der Waals surface area (Å²) < 4.78 is 0. The molecule has 2 rings (SSSR count). The maximum absolute atomic E-state index is 11.5. The highest BCUT2D eigenvalue weighted by atomic mass is 16.2. The topological polar surface area (TPSA) is 41.1 Å². The molecule has 0 aromatic heterocycles. The summed E-state index contributed by atoms with van der Waals surface area (Å²) in [4.78, 5) is 11.5. The Morgan fingerprint density at radius 1 is 1.26 bits per heavy atom. The fourth-order valence-corrected chi connectivity index (χ4v) is 1.94. The minimum atomic E-state index is -0.251. The third-order valence-electron chi connectivity index (χ3n) is 2.97. The van der Waals surface area contributed by atoms with E-state index in [-0.39, 0.29) is 18.6 Å². The Kier molecular flexibility index (Phi) is 4.04. The lowest BCUT2D eigenvalue weighted by atomic mass is 10.0. The highest BCUT2D eigenvalue weighted by Crippen LogP contribution is 2.20. The number of carbonyl (C=O) groups excluding carboxylic acids is 1. The Hall–Kier alpha value is -2.47. The predicted molar refractivity (Wildman–Crippen MR) is 77.7 cm³/mol. The number of amides is 2. The van der Waals surface area contributed by atoms with Crippen molar-refractivity contribution in [3.8, 4) is 12.3 Å². The van der Waals surface area contributed by atoms with Crippen molar-refractivity contribution < 1.29 is 4.79 Å². The first-order chi connectivity index (χ1) is 9.20. The number of fused-ring (bicyclic) bond motifs is 1. The molecule has 0 aliphatic rings. The molecule has 2 aromatic rings. The van der Waals surface area contributed by atoms with E-state index < -0.39 is 0 Å². The van der Waals surface area contributed by atoms with Crippen molar-refractivity contribution >= 4 is 16.8 Å². The zero-order valence-corrected chi connectivity index (χ0v) is 10.8. The molecule has 0 bridgehead atoms. The van der Waals surface area contributed by atoms with Gasteiger partial charge in [0.05, 0.1) is 12.6 Å². The van der Waals surface area contributed by atoms with E-state index in [1.165, 1.54) is 5.39 Å². The van der Waals surface area contributed by atoms with Gasteiger partial charge < -0.3 is 10.6 Å². The van der Waals surface area contributed by atoms with Gasteiger partial charge in [-0.3, -0.25) is 0 Å². The zero-order chi connectivity index (χ0) is 13.7. The standard InChI is InChI=1S/C16H16N2O/c1-3-10-17-16(19)18-12(2)14-9-8-13-6-4-5-7-15(13)11-14/h1,4-9,11-12H,10H2,2H3,(H2,17,18,19)/t12-/m1/s1. The summed E-state index contributed by atoms with van der Waals surface area (Å²) in [6.07, 6.45) is 5.09. The maximum Gasteiger partial charge on any atom is 0.316 e. The number of urea groups is 1. The first kappa shape index (κ1) is 13.0. The number of carbonyl (C=O) groups is 1. The molecular weight excluding hydrogens is 236 g/mol. The molecule has 2 aromatic carbocycles. The minimum Gasteiger partial charge on any atom is -0.332 e. The van der Waals surface area contributed by atoms with Crippen LogP contribution in [0.3, 0.4) is 0 Å². The molecule has 19 heavy (non-hydrogen) atoms. The summed E-state index contributed by atoms with van der Waals surface area (Å²) in [5.41, 5.74) is 1.06. The van der Waals surface area contributed by atoms with Gasteiger partial charge in [-0.2, -0.15) is 0 Å². The summed E-state index contributed by atoms with van der Waals surface area (Å²) in [6.45, 7) is 2.18. The summed E-state index contributed by atoms with van der Waals surface area (Å²) in [6, 6.07) is 14.0. The smallest absolute Gasteiger partial charge is 0.316 e. The maximum atomic E-state index is 11.5. The van der Waals surface area contributed by atoms with E-state index in [1.54, 1.807) is 0 Å². The molecule has 0 fully saturated rings. The Bertz CT molecular complexity index is 628. The first-order valence-corrected chi connectivity index (χ1v) is 6.17. The third kappa shape index (κ3) is 3.26. The number of terminal acetylenes is 1. The average molecular weight is 252 g/mol. The van der Waals surface area contributed by atoms with Gasteiger partial charge in [-0.05, 0) is 29.3 Å². The van der Waals surface area contributed by atoms with Crippen molar-refractivity contribution in [3.63, 3.8) is 0 Å². The van der Waals surface area contributed by atoms with E-state index in [9.17, 15) is 4.79 Å². The zero-order valence-electron chi connectivity index (χ0n) is 10.8. The Morgan fingerprint density at radius 2 is 2.00 bits per heavy atom. The van der Waals surface area contributed by atoms with Gasteiger partial charge in [0.15, 0.2) is 0 Å². The second-order valence-corrected chi connectivity index (χ2v) is 4.36. The van der Waals surface area contributed by atoms with Crippen molar-refractivity contribution in [1.29, 1.82) is 0 Å². The summed E-state index contributed by atoms with van der Waals surface area (Å²) in [7, 11) is 0. The second-order valence-electron chi connectivity index (χ2n) is 4.36. The van der Waals surface area contributed by atoms with Crippen LogP contribution in [0.5, 0.6) is 0 Å². The van der Waals surface area contributed by atoms with Gasteiger partial charge >= 0.3 is 6.03 Å². The van der Waals surface area contributed by atoms with Crippen LogP contribution in [-0.4, -0.2) is 12.6 Å². The Labute approximate surface area is 113 Å². The van der Waals surface area contributed by atoms with E-state index >= 15 is 0 Å². The van der Waals surface area contributed by atoms with Crippen LogP contribution in [0, 0.1) is 12.3 Å². The molecular formula is C16H16N2O. The van der Waals surface area contributed by atoms with Crippen LogP contribution in [0.4, 0.5) is 4.79 Å². The lowest BCUT2D eigenvalue weighted by molar-refractivity contribution is 0.239. The Morgan fingerprint density at radius 3 is 2.74 bits per heavy atom. The van der Waals surface area contributed by atoms with Crippen LogP contribution in [0.2, 0.25) is 0 Å². The molecule has 3 nitrogen and oxygen atoms in total. The van der Waals surface area contributed by atoms with Crippen LogP contribution in [0.25, 0.3) is 10.8 Å². The van der Waals surface area contributed by atoms with Gasteiger partial charge in [-0.15, -0.1) is 6.42 Å². The van der Waals surface area contributed by atoms with E-state index in [0.29, 0.717) is 0 Å². The molecule has 3 heteroatoms. The predicted octanol–water partition coefficient (Wildman–Crippen LogP) is 2.83. The minimum absolute atomic E-state index is 0.0672. The van der Waals surface area contributed by atoms with Crippen LogP contribution in [0.1, 0.15) is 18.5 Å². The normalized spacial score (nSPS) is 11.6. The highest BCUT2D eigenvalue weighted by molar-refractivity contribution is 5.83. The van der Waals surface area contributed by atoms with Gasteiger partial charge in [0.1, 0.15) is 0 Å². The molecule has 96 valence electrons. The average Bonchev–Trinajstić information content (AvgIpc) is 2.44. The van der Waals surface area contributed by atoms with Crippen molar-refractivity contribution in [3.05, 3.63) is 48.0 Å². The molecule has 0 radical (unpaired) electrons. The summed E-state index contributed by atoms with van der Waals surface area (Å²) >= 11 is 0. The largest absolute Gasteiger partial charge is 0.332 e. The molecule has 0 saturated carbocycles. The van der Waals surface area contributed by atoms with E-state index in [2.05, 4.69) is 40.8 Å². The van der Waals surface area contributed by atoms with Gasteiger partial charge in [0, 0.05) is 0 Å². The van der Waals surface area contributed by atoms with Crippen LogP contribution >= 0.6 is 0 Å². The molecule has 0 aliphatic carbocycles. The molecule has 0 saturated heterocycles. The SMILES string of the molecule is C#CCNC(=O)N[C@H](C)c1ccc2ccccc2c1. The molecule has 0 unspecified atom stereocenters. The van der Waals surface area contributed by atoms with Crippen molar-refractivity contribution in [2.75, 3.05) is 6.54 Å². The quantitative estimate of drug-likeness (QED) is 0.810. The van der Waals surface area contributed by atoms with E-state index in [0.717, 1.165) is 10.9 Å². The fraction of sp³-hybridized carbons (Fsp3) is 0.188. The summed E-state index contributed by atoms with van der Waals surface area (Å²) in [5.74, 6) is 2.36. The number of nitrogens with one attached hydrogen (secondary N) is 2. The highest BCUT2D eigenvalue weighted by Gasteiger charge is 2.08. The van der Waals surface area contributed by atoms with E-state index in [1.807, 2.05) is 25.1 Å². The molecule has 0 heterocycles. The van der Waals surface area contributed by atoms with Crippen molar-refractivity contribution in [2.24, 2.45) is 0 Å². The molecule has 2 N–H and O–H groups in total. The number of rotatable bonds is 3. The molecule has 2 amide bonds. The van der Waals surface area contributed by atoms with Gasteiger partial charge in [0.2, 0.25) is 0 Å². The second kappa shape index (κ2) is 5.92. The first-order valence-electron chi connectivity index (χ1n) is 6.17. The fourth-order valence-electron chi connectivity index (χ4n) is 1.94. The van der Waals surface area contributed by atoms with Gasteiger partial charge in [0.25, 0.3) is 0 Å². The summed E-state index contributed by atoms with van der Waals surface area (Å²) in [5, 5.41) is 7.79. The van der Waals surface area contributed by atoms with Crippen LogP contribution in [-0.2, 0) is 0 Å². The van der Waals surface area contributed by atoms with Crippen molar-refractivity contribution in [2.45, 2.75) is 13.0 Å². The molecule has 0 spiro atoms.